The molecule has 1 unspecified atom stereocenters. The van der Waals surface area contributed by atoms with Crippen LogP contribution in [0.3, 0.4) is 0 Å². The Balaban J connectivity index is 1.84. The first-order chi connectivity index (χ1) is 9.83. The maximum Gasteiger partial charge on any atom is 0.0594 e. The first-order valence-electron chi connectivity index (χ1n) is 8.02. The molecular weight excluding hydrogens is 260 g/mol. The van der Waals surface area contributed by atoms with E-state index in [1.807, 2.05) is 13.8 Å². The third-order valence-corrected chi connectivity index (χ3v) is 4.47. The summed E-state index contributed by atoms with van der Waals surface area (Å²) in [4.78, 5) is 4.87. The van der Waals surface area contributed by atoms with Gasteiger partial charge < -0.3 is 10.0 Å². The summed E-state index contributed by atoms with van der Waals surface area (Å²) in [5.41, 5.74) is 2.11. The van der Waals surface area contributed by atoms with Crippen LogP contribution in [0.2, 0.25) is 0 Å². The van der Waals surface area contributed by atoms with Crippen molar-refractivity contribution in [3.8, 4) is 0 Å². The average Bonchev–Trinajstić information content (AvgIpc) is 2.84. The third kappa shape index (κ3) is 5.42. The van der Waals surface area contributed by atoms with Gasteiger partial charge in [0, 0.05) is 19.1 Å². The number of hydrogen-bond acceptors (Lipinski definition) is 3. The molecule has 1 saturated heterocycles. The highest BCUT2D eigenvalue weighted by Crippen LogP contribution is 2.17. The van der Waals surface area contributed by atoms with Gasteiger partial charge in [0.05, 0.1) is 5.60 Å². The van der Waals surface area contributed by atoms with E-state index in [-0.39, 0.29) is 0 Å². The Labute approximate surface area is 129 Å². The first kappa shape index (κ1) is 16.5. The molecule has 2 rings (SSSR count). The minimum absolute atomic E-state index is 0.576. The van der Waals surface area contributed by atoms with Crippen molar-refractivity contribution in [3.05, 3.63) is 35.4 Å². The van der Waals surface area contributed by atoms with Crippen molar-refractivity contribution in [1.82, 2.24) is 9.80 Å². The van der Waals surface area contributed by atoms with E-state index < -0.39 is 5.60 Å². The summed E-state index contributed by atoms with van der Waals surface area (Å²) in [6.07, 6.45) is 3.02. The van der Waals surface area contributed by atoms with E-state index >= 15 is 0 Å². The lowest BCUT2D eigenvalue weighted by Crippen LogP contribution is -2.33. The van der Waals surface area contributed by atoms with Crippen molar-refractivity contribution in [3.63, 3.8) is 0 Å². The maximum absolute atomic E-state index is 9.78. The molecule has 1 fully saturated rings. The van der Waals surface area contributed by atoms with Crippen molar-refractivity contribution in [2.45, 2.75) is 51.3 Å². The molecule has 0 saturated carbocycles. The second-order valence-electron chi connectivity index (χ2n) is 7.25. The molecule has 3 heteroatoms. The fraction of sp³-hybridized carbons (Fsp3) is 0.667. The van der Waals surface area contributed by atoms with Crippen LogP contribution in [-0.2, 0) is 13.0 Å². The summed E-state index contributed by atoms with van der Waals surface area (Å²) in [7, 11) is 4.43. The van der Waals surface area contributed by atoms with E-state index in [2.05, 4.69) is 48.2 Å². The van der Waals surface area contributed by atoms with Crippen molar-refractivity contribution < 1.29 is 5.11 Å². The number of likely N-dealkylation sites (tertiary alicyclic amines) is 1. The lowest BCUT2D eigenvalue weighted by Gasteiger charge is -2.24. The van der Waals surface area contributed by atoms with Crippen LogP contribution < -0.4 is 0 Å². The van der Waals surface area contributed by atoms with Crippen molar-refractivity contribution in [2.75, 3.05) is 27.2 Å². The summed E-state index contributed by atoms with van der Waals surface area (Å²) in [5, 5.41) is 9.78. The second kappa shape index (κ2) is 6.91. The zero-order valence-electron chi connectivity index (χ0n) is 14.0. The molecule has 0 aromatic heterocycles. The summed E-state index contributed by atoms with van der Waals surface area (Å²) < 4.78 is 0. The Kier molecular flexibility index (Phi) is 5.42. The molecule has 1 N–H and O–H groups in total. The molecule has 0 amide bonds. The van der Waals surface area contributed by atoms with E-state index in [9.17, 15) is 5.11 Å². The number of aliphatic hydroxyl groups is 1. The molecule has 118 valence electrons. The fourth-order valence-corrected chi connectivity index (χ4v) is 2.95. The van der Waals surface area contributed by atoms with Gasteiger partial charge in [-0.3, -0.25) is 4.90 Å². The van der Waals surface area contributed by atoms with E-state index in [4.69, 9.17) is 0 Å². The van der Waals surface area contributed by atoms with Crippen LogP contribution in [0.5, 0.6) is 0 Å². The van der Waals surface area contributed by atoms with Gasteiger partial charge in [0.2, 0.25) is 0 Å². The van der Waals surface area contributed by atoms with Crippen LogP contribution in [-0.4, -0.2) is 53.7 Å². The molecule has 1 aliphatic heterocycles. The second-order valence-corrected chi connectivity index (χ2v) is 7.25. The lowest BCUT2D eigenvalue weighted by atomic mass is 9.98. The zero-order valence-corrected chi connectivity index (χ0v) is 14.0. The zero-order chi connectivity index (χ0) is 15.5. The van der Waals surface area contributed by atoms with Crippen molar-refractivity contribution >= 4 is 0 Å². The number of likely N-dealkylation sites (N-methyl/N-ethyl adjacent to an activating group) is 2. The largest absolute Gasteiger partial charge is 0.390 e. The molecular formula is C18H30N2O. The van der Waals surface area contributed by atoms with Gasteiger partial charge in [-0.2, -0.15) is 0 Å². The quantitative estimate of drug-likeness (QED) is 0.872. The third-order valence-electron chi connectivity index (χ3n) is 4.47. The lowest BCUT2D eigenvalue weighted by molar-refractivity contribution is 0.0714. The van der Waals surface area contributed by atoms with Gasteiger partial charge in [-0.05, 0) is 64.9 Å². The molecule has 1 heterocycles. The minimum Gasteiger partial charge on any atom is -0.390 e. The molecule has 21 heavy (non-hydrogen) atoms. The van der Waals surface area contributed by atoms with Crippen LogP contribution in [0.15, 0.2) is 24.3 Å². The van der Waals surface area contributed by atoms with Gasteiger partial charge in [0.15, 0.2) is 0 Å². The van der Waals surface area contributed by atoms with Gasteiger partial charge in [-0.25, -0.2) is 0 Å². The highest BCUT2D eigenvalue weighted by molar-refractivity contribution is 5.23. The molecule has 0 aliphatic carbocycles. The van der Waals surface area contributed by atoms with Crippen LogP contribution >= 0.6 is 0 Å². The van der Waals surface area contributed by atoms with Crippen LogP contribution in [0, 0.1) is 0 Å². The van der Waals surface area contributed by atoms with Gasteiger partial charge in [-0.15, -0.1) is 0 Å². The molecule has 1 aromatic rings. The number of nitrogens with zero attached hydrogens (tertiary/aromatic N) is 2. The monoisotopic (exact) mass is 290 g/mol. The van der Waals surface area contributed by atoms with Crippen molar-refractivity contribution in [1.29, 1.82) is 0 Å². The predicted molar refractivity (Wildman–Crippen MR) is 88.4 cm³/mol. The highest BCUT2D eigenvalue weighted by Gasteiger charge is 2.23. The van der Waals surface area contributed by atoms with Gasteiger partial charge >= 0.3 is 0 Å². The Hall–Kier alpha value is -0.900. The van der Waals surface area contributed by atoms with Crippen molar-refractivity contribution in [2.24, 2.45) is 0 Å². The van der Waals surface area contributed by atoms with Gasteiger partial charge in [-0.1, -0.05) is 24.3 Å². The molecule has 1 atom stereocenters. The number of rotatable bonds is 6. The number of aryl methyl sites for hydroxylation is 1. The Morgan fingerprint density at radius 1 is 1.24 bits per heavy atom. The maximum atomic E-state index is 9.78. The SMILES string of the molecule is CN1CCC(N(C)Cc2ccc(CCC(C)(C)O)cc2)C1. The Morgan fingerprint density at radius 3 is 2.38 bits per heavy atom. The van der Waals surface area contributed by atoms with E-state index in [1.54, 1.807) is 0 Å². The van der Waals surface area contributed by atoms with E-state index in [0.717, 1.165) is 19.4 Å². The normalized spacial score (nSPS) is 20.4. The Morgan fingerprint density at radius 2 is 1.86 bits per heavy atom. The molecule has 0 radical (unpaired) electrons. The van der Waals surface area contributed by atoms with E-state index in [0.29, 0.717) is 6.04 Å². The molecule has 0 spiro atoms. The smallest absolute Gasteiger partial charge is 0.0594 e. The highest BCUT2D eigenvalue weighted by atomic mass is 16.3. The minimum atomic E-state index is -0.576. The van der Waals surface area contributed by atoms with Crippen LogP contribution in [0.25, 0.3) is 0 Å². The summed E-state index contributed by atoms with van der Waals surface area (Å²) in [6, 6.07) is 9.56. The average molecular weight is 290 g/mol. The number of benzene rings is 1. The van der Waals surface area contributed by atoms with Crippen LogP contribution in [0.4, 0.5) is 0 Å². The molecule has 3 nitrogen and oxygen atoms in total. The fourth-order valence-electron chi connectivity index (χ4n) is 2.95. The van der Waals surface area contributed by atoms with Gasteiger partial charge in [0.1, 0.15) is 0 Å². The molecule has 1 aliphatic rings. The topological polar surface area (TPSA) is 26.7 Å². The van der Waals surface area contributed by atoms with Gasteiger partial charge in [0.25, 0.3) is 0 Å². The van der Waals surface area contributed by atoms with Crippen LogP contribution in [0.1, 0.15) is 37.8 Å². The Bertz CT molecular complexity index is 436. The molecule has 1 aromatic carbocycles. The predicted octanol–water partition coefficient (Wildman–Crippen LogP) is 2.53. The van der Waals surface area contributed by atoms with E-state index in [1.165, 1.54) is 30.6 Å². The number of hydrogen-bond donors (Lipinski definition) is 1. The summed E-state index contributed by atoms with van der Waals surface area (Å²) >= 11 is 0. The summed E-state index contributed by atoms with van der Waals surface area (Å²) in [6.45, 7) is 7.15. The summed E-state index contributed by atoms with van der Waals surface area (Å²) in [5.74, 6) is 0. The molecule has 0 bridgehead atoms. The standard InChI is InChI=1S/C18H30N2O/c1-18(2,21)11-9-15-5-7-16(8-6-15)13-20(4)17-10-12-19(3)14-17/h5-8,17,21H,9-14H2,1-4H3. The first-order valence-corrected chi connectivity index (χ1v) is 8.02.